The Labute approximate surface area is 87.2 Å². The molecule has 0 amide bonds. The SMILES string of the molecule is CNc1nc(Cl)cc(C)c1N.[Fe]. The van der Waals surface area contributed by atoms with E-state index in [9.17, 15) is 0 Å². The summed E-state index contributed by atoms with van der Waals surface area (Å²) in [6.45, 7) is 1.89. The van der Waals surface area contributed by atoms with Crippen molar-refractivity contribution in [3.05, 3.63) is 16.8 Å². The van der Waals surface area contributed by atoms with Gasteiger partial charge >= 0.3 is 0 Å². The molecule has 0 fully saturated rings. The van der Waals surface area contributed by atoms with E-state index in [0.717, 1.165) is 5.56 Å². The summed E-state index contributed by atoms with van der Waals surface area (Å²) in [4.78, 5) is 3.98. The maximum absolute atomic E-state index is 5.69. The molecule has 5 heteroatoms. The summed E-state index contributed by atoms with van der Waals surface area (Å²) in [6, 6.07) is 1.73. The molecule has 0 aliphatic rings. The molecule has 0 saturated heterocycles. The van der Waals surface area contributed by atoms with Crippen LogP contribution >= 0.6 is 11.6 Å². The third-order valence-electron chi connectivity index (χ3n) is 1.47. The van der Waals surface area contributed by atoms with Crippen molar-refractivity contribution in [3.63, 3.8) is 0 Å². The van der Waals surface area contributed by atoms with Crippen LogP contribution in [0.15, 0.2) is 6.07 Å². The van der Waals surface area contributed by atoms with Gasteiger partial charge in [-0.15, -0.1) is 0 Å². The molecular formula is C7H10ClFeN3. The number of nitrogen functional groups attached to an aromatic ring is 1. The van der Waals surface area contributed by atoms with Crippen molar-refractivity contribution in [2.75, 3.05) is 18.1 Å². The fourth-order valence-corrected chi connectivity index (χ4v) is 1.08. The van der Waals surface area contributed by atoms with E-state index >= 15 is 0 Å². The van der Waals surface area contributed by atoms with Crippen LogP contribution in [0.5, 0.6) is 0 Å². The minimum absolute atomic E-state index is 0. The second-order valence-corrected chi connectivity index (χ2v) is 2.66. The zero-order valence-electron chi connectivity index (χ0n) is 6.83. The van der Waals surface area contributed by atoms with Gasteiger partial charge in [0.25, 0.3) is 0 Å². The van der Waals surface area contributed by atoms with Gasteiger partial charge < -0.3 is 11.1 Å². The van der Waals surface area contributed by atoms with Crippen LogP contribution in [0.3, 0.4) is 0 Å². The molecule has 0 saturated carbocycles. The molecule has 1 heterocycles. The van der Waals surface area contributed by atoms with E-state index in [4.69, 9.17) is 17.3 Å². The van der Waals surface area contributed by atoms with Crippen LogP contribution in [-0.4, -0.2) is 12.0 Å². The largest absolute Gasteiger partial charge is 0.396 e. The summed E-state index contributed by atoms with van der Waals surface area (Å²) in [7, 11) is 1.76. The van der Waals surface area contributed by atoms with Crippen molar-refractivity contribution >= 4 is 23.1 Å². The second-order valence-electron chi connectivity index (χ2n) is 2.27. The van der Waals surface area contributed by atoms with E-state index in [-0.39, 0.29) is 17.1 Å². The van der Waals surface area contributed by atoms with Crippen molar-refractivity contribution in [1.29, 1.82) is 0 Å². The molecule has 0 spiro atoms. The summed E-state index contributed by atoms with van der Waals surface area (Å²) < 4.78 is 0. The summed E-state index contributed by atoms with van der Waals surface area (Å²) >= 11 is 5.69. The molecule has 0 bridgehead atoms. The van der Waals surface area contributed by atoms with Gasteiger partial charge in [-0.2, -0.15) is 0 Å². The van der Waals surface area contributed by atoms with Crippen LogP contribution in [0, 0.1) is 6.92 Å². The van der Waals surface area contributed by atoms with E-state index in [1.165, 1.54) is 0 Å². The molecule has 0 aliphatic heterocycles. The molecule has 12 heavy (non-hydrogen) atoms. The molecular weight excluding hydrogens is 217 g/mol. The molecule has 68 valence electrons. The Bertz CT molecular complexity index is 278. The minimum Gasteiger partial charge on any atom is -0.396 e. The normalized spacial score (nSPS) is 8.92. The van der Waals surface area contributed by atoms with Gasteiger partial charge in [0.05, 0.1) is 5.69 Å². The smallest absolute Gasteiger partial charge is 0.150 e. The van der Waals surface area contributed by atoms with Crippen molar-refractivity contribution in [3.8, 4) is 0 Å². The van der Waals surface area contributed by atoms with Crippen LogP contribution < -0.4 is 11.1 Å². The molecule has 3 N–H and O–H groups in total. The monoisotopic (exact) mass is 227 g/mol. The number of rotatable bonds is 1. The summed E-state index contributed by atoms with van der Waals surface area (Å²) in [6.07, 6.45) is 0. The van der Waals surface area contributed by atoms with Crippen LogP contribution in [0.4, 0.5) is 11.5 Å². The fourth-order valence-electron chi connectivity index (χ4n) is 0.833. The Morgan fingerprint density at radius 2 is 2.17 bits per heavy atom. The van der Waals surface area contributed by atoms with Crippen LogP contribution in [-0.2, 0) is 17.1 Å². The number of aromatic nitrogens is 1. The third kappa shape index (κ3) is 2.27. The van der Waals surface area contributed by atoms with Gasteiger partial charge in [0.15, 0.2) is 5.82 Å². The molecule has 1 aromatic heterocycles. The van der Waals surface area contributed by atoms with E-state index < -0.39 is 0 Å². The van der Waals surface area contributed by atoms with E-state index in [0.29, 0.717) is 16.7 Å². The third-order valence-corrected chi connectivity index (χ3v) is 1.66. The second kappa shape index (κ2) is 4.55. The number of hydrogen-bond donors (Lipinski definition) is 2. The number of aryl methyl sites for hydroxylation is 1. The van der Waals surface area contributed by atoms with Gasteiger partial charge in [-0.05, 0) is 18.6 Å². The van der Waals surface area contributed by atoms with Gasteiger partial charge in [0, 0.05) is 24.1 Å². The Hall–Kier alpha value is -0.441. The first-order valence-electron chi connectivity index (χ1n) is 3.25. The molecule has 0 atom stereocenters. The zero-order chi connectivity index (χ0) is 8.43. The number of anilines is 2. The van der Waals surface area contributed by atoms with Gasteiger partial charge in [-0.25, -0.2) is 4.98 Å². The van der Waals surface area contributed by atoms with Crippen LogP contribution in [0.1, 0.15) is 5.56 Å². The first-order chi connectivity index (χ1) is 5.15. The Balaban J connectivity index is 0.00000121. The minimum atomic E-state index is 0. The van der Waals surface area contributed by atoms with Crippen LogP contribution in [0.2, 0.25) is 5.15 Å². The zero-order valence-corrected chi connectivity index (χ0v) is 8.69. The van der Waals surface area contributed by atoms with Gasteiger partial charge in [0.2, 0.25) is 0 Å². The predicted octanol–water partition coefficient (Wildman–Crippen LogP) is 1.66. The quantitative estimate of drug-likeness (QED) is 0.567. The van der Waals surface area contributed by atoms with Gasteiger partial charge in [0.1, 0.15) is 5.15 Å². The standard InChI is InChI=1S/C7H10ClN3.Fe/c1-4-3-5(8)11-7(10-2)6(4)9;/h3H,9H2,1-2H3,(H,10,11);. The van der Waals surface area contributed by atoms with Crippen LogP contribution in [0.25, 0.3) is 0 Å². The number of hydrogen-bond acceptors (Lipinski definition) is 3. The molecule has 0 aromatic carbocycles. The van der Waals surface area contributed by atoms with E-state index in [2.05, 4.69) is 10.3 Å². The summed E-state index contributed by atoms with van der Waals surface area (Å²) in [5, 5.41) is 3.32. The number of nitrogens with two attached hydrogens (primary N) is 1. The average molecular weight is 227 g/mol. The number of pyridine rings is 1. The van der Waals surface area contributed by atoms with E-state index in [1.54, 1.807) is 13.1 Å². The van der Waals surface area contributed by atoms with E-state index in [1.807, 2.05) is 6.92 Å². The maximum Gasteiger partial charge on any atom is 0.150 e. The number of nitrogens with zero attached hydrogens (tertiary/aromatic N) is 1. The summed E-state index contributed by atoms with van der Waals surface area (Å²) in [5.74, 6) is 0.634. The molecule has 0 radical (unpaired) electrons. The molecule has 1 rings (SSSR count). The molecule has 0 unspecified atom stereocenters. The topological polar surface area (TPSA) is 50.9 Å². The fraction of sp³-hybridized carbons (Fsp3) is 0.286. The van der Waals surface area contributed by atoms with Crippen molar-refractivity contribution in [2.24, 2.45) is 0 Å². The van der Waals surface area contributed by atoms with Crippen molar-refractivity contribution in [2.45, 2.75) is 6.92 Å². The van der Waals surface area contributed by atoms with Crippen molar-refractivity contribution in [1.82, 2.24) is 4.98 Å². The van der Waals surface area contributed by atoms with Crippen molar-refractivity contribution < 1.29 is 17.1 Å². The Morgan fingerprint density at radius 3 is 2.67 bits per heavy atom. The first kappa shape index (κ1) is 11.6. The number of halogens is 1. The molecule has 1 aromatic rings. The maximum atomic E-state index is 5.69. The summed E-state index contributed by atoms with van der Waals surface area (Å²) in [5.41, 5.74) is 7.27. The van der Waals surface area contributed by atoms with Gasteiger partial charge in [-0.3, -0.25) is 0 Å². The molecule has 3 nitrogen and oxygen atoms in total. The first-order valence-corrected chi connectivity index (χ1v) is 3.63. The Kier molecular flexibility index (Phi) is 4.39. The average Bonchev–Trinajstić information content (AvgIpc) is 1.96. The predicted molar refractivity (Wildman–Crippen MR) is 47.9 cm³/mol. The molecule has 0 aliphatic carbocycles. The number of nitrogens with one attached hydrogen (secondary N) is 1. The van der Waals surface area contributed by atoms with Gasteiger partial charge in [-0.1, -0.05) is 11.6 Å². The Morgan fingerprint density at radius 1 is 1.58 bits per heavy atom.